The Balaban J connectivity index is 2.69. The van der Waals surface area contributed by atoms with Crippen molar-refractivity contribution in [2.75, 3.05) is 6.26 Å². The summed E-state index contributed by atoms with van der Waals surface area (Å²) in [6.07, 6.45) is 1.62. The van der Waals surface area contributed by atoms with E-state index in [0.717, 1.165) is 12.0 Å². The molecule has 0 spiro atoms. The van der Waals surface area contributed by atoms with Crippen molar-refractivity contribution in [2.45, 2.75) is 0 Å². The topological polar surface area (TPSA) is 52.3 Å². The van der Waals surface area contributed by atoms with E-state index >= 15 is 0 Å². The minimum Gasteiger partial charge on any atom is -0.386 e. The molecule has 0 aliphatic rings. The Morgan fingerprint density at radius 1 is 1.91 bits per heavy atom. The van der Waals surface area contributed by atoms with Gasteiger partial charge in [0, 0.05) is 12.3 Å². The maximum atomic E-state index is 10.8. The fraction of sp³-hybridized carbons (Fsp3) is 0.200. The fourth-order valence-electron chi connectivity index (χ4n) is 0.467. The van der Waals surface area contributed by atoms with Crippen LogP contribution in [0.25, 0.3) is 0 Å². The third-order valence-electron chi connectivity index (χ3n) is 0.842. The van der Waals surface area contributed by atoms with Crippen molar-refractivity contribution in [1.29, 1.82) is 0 Å². The normalized spacial score (nSPS) is 9.64. The van der Waals surface area contributed by atoms with Crippen LogP contribution in [0.15, 0.2) is 10.6 Å². The number of hydrogen-bond donors (Lipinski definition) is 0. The van der Waals surface area contributed by atoms with Crippen molar-refractivity contribution in [3.05, 3.63) is 17.0 Å². The highest BCUT2D eigenvalue weighted by atomic mass is 35.5. The molecule has 0 radical (unpaired) electrons. The predicted molar refractivity (Wildman–Crippen MR) is 40.4 cm³/mol. The lowest BCUT2D eigenvalue weighted by atomic mass is 10.5. The average molecular weight is 194 g/mol. The largest absolute Gasteiger partial charge is 0.389 e. The molecule has 1 aromatic rings. The van der Waals surface area contributed by atoms with Gasteiger partial charge in [0.2, 0.25) is 5.76 Å². The summed E-state index contributed by atoms with van der Waals surface area (Å²) >= 11 is 6.32. The predicted octanol–water partition coefficient (Wildman–Crippen LogP) is 1.76. The Labute approximate surface area is 72.0 Å². The summed E-state index contributed by atoms with van der Waals surface area (Å²) in [6.45, 7) is 0. The second kappa shape index (κ2) is 3.64. The summed E-state index contributed by atoms with van der Waals surface area (Å²) in [7, 11) is 0. The molecule has 1 heterocycles. The lowest BCUT2D eigenvalue weighted by Gasteiger charge is -1.91. The molecule has 0 saturated carbocycles. The van der Waals surface area contributed by atoms with Gasteiger partial charge in [-0.3, -0.25) is 0 Å². The molecule has 0 fully saturated rings. The Hall–Kier alpha value is -0.680. The molecule has 4 nitrogen and oxygen atoms in total. The highest BCUT2D eigenvalue weighted by molar-refractivity contribution is 7.94. The number of halogens is 1. The molecule has 60 valence electrons. The van der Waals surface area contributed by atoms with Gasteiger partial charge >= 0.3 is 5.97 Å². The zero-order valence-corrected chi connectivity index (χ0v) is 7.11. The summed E-state index contributed by atoms with van der Waals surface area (Å²) < 4.78 is 9.04. The first-order valence-corrected chi connectivity index (χ1v) is 4.14. The molecule has 0 atom stereocenters. The van der Waals surface area contributed by atoms with Gasteiger partial charge in [-0.15, -0.1) is 0 Å². The van der Waals surface area contributed by atoms with E-state index in [2.05, 4.69) is 13.9 Å². The molecule has 0 aromatic carbocycles. The fourth-order valence-corrected chi connectivity index (χ4v) is 0.834. The van der Waals surface area contributed by atoms with Crippen LogP contribution in [-0.2, 0) is 4.18 Å². The van der Waals surface area contributed by atoms with Crippen molar-refractivity contribution in [2.24, 2.45) is 0 Å². The van der Waals surface area contributed by atoms with E-state index in [4.69, 9.17) is 11.6 Å². The van der Waals surface area contributed by atoms with Gasteiger partial charge in [-0.2, -0.15) is 0 Å². The highest BCUT2D eigenvalue weighted by Crippen LogP contribution is 2.11. The van der Waals surface area contributed by atoms with Crippen LogP contribution in [0.1, 0.15) is 10.6 Å². The Morgan fingerprint density at radius 3 is 3.09 bits per heavy atom. The molecule has 0 unspecified atom stereocenters. The first-order chi connectivity index (χ1) is 5.24. The SMILES string of the molecule is CSOC(=O)c1cc(Cl)no1. The summed E-state index contributed by atoms with van der Waals surface area (Å²) in [5, 5.41) is 3.44. The van der Waals surface area contributed by atoms with Crippen LogP contribution in [0.5, 0.6) is 0 Å². The van der Waals surface area contributed by atoms with Gasteiger partial charge in [0.1, 0.15) is 0 Å². The van der Waals surface area contributed by atoms with E-state index in [1.165, 1.54) is 6.07 Å². The van der Waals surface area contributed by atoms with Crippen LogP contribution in [0, 0.1) is 0 Å². The first-order valence-electron chi connectivity index (χ1n) is 2.61. The monoisotopic (exact) mass is 193 g/mol. The molecule has 0 N–H and O–H groups in total. The van der Waals surface area contributed by atoms with Crippen molar-refractivity contribution in [1.82, 2.24) is 5.16 Å². The average Bonchev–Trinajstić information content (AvgIpc) is 2.36. The second-order valence-electron chi connectivity index (χ2n) is 1.55. The maximum absolute atomic E-state index is 10.8. The van der Waals surface area contributed by atoms with E-state index in [-0.39, 0.29) is 10.9 Å². The van der Waals surface area contributed by atoms with Gasteiger partial charge in [0.15, 0.2) is 5.15 Å². The number of hydrogen-bond acceptors (Lipinski definition) is 5. The number of carbonyl (C=O) groups excluding carboxylic acids is 1. The van der Waals surface area contributed by atoms with E-state index in [9.17, 15) is 4.79 Å². The number of nitrogens with zero attached hydrogens (tertiary/aromatic N) is 1. The Morgan fingerprint density at radius 2 is 2.64 bits per heavy atom. The van der Waals surface area contributed by atoms with E-state index < -0.39 is 5.97 Å². The zero-order valence-electron chi connectivity index (χ0n) is 5.54. The Bertz CT molecular complexity index is 262. The van der Waals surface area contributed by atoms with Crippen LogP contribution in [0.4, 0.5) is 0 Å². The van der Waals surface area contributed by atoms with Crippen molar-refractivity contribution in [3.63, 3.8) is 0 Å². The molecule has 1 aromatic heterocycles. The van der Waals surface area contributed by atoms with E-state index in [1.54, 1.807) is 6.26 Å². The van der Waals surface area contributed by atoms with Gasteiger partial charge < -0.3 is 8.71 Å². The lowest BCUT2D eigenvalue weighted by molar-refractivity contribution is 0.0726. The molecule has 0 aliphatic heterocycles. The van der Waals surface area contributed by atoms with Crippen LogP contribution < -0.4 is 0 Å². The molecular formula is C5H4ClNO3S. The highest BCUT2D eigenvalue weighted by Gasteiger charge is 2.12. The first kappa shape index (κ1) is 8.42. The molecule has 6 heteroatoms. The van der Waals surface area contributed by atoms with Gasteiger partial charge in [-0.05, 0) is 0 Å². The maximum Gasteiger partial charge on any atom is 0.389 e. The van der Waals surface area contributed by atoms with Gasteiger partial charge in [0.05, 0.1) is 12.0 Å². The number of aromatic nitrogens is 1. The summed E-state index contributed by atoms with van der Waals surface area (Å²) in [5.41, 5.74) is 0. The number of carbonyl (C=O) groups is 1. The van der Waals surface area contributed by atoms with Crippen molar-refractivity contribution in [3.8, 4) is 0 Å². The van der Waals surface area contributed by atoms with Crippen molar-refractivity contribution >= 4 is 29.6 Å². The van der Waals surface area contributed by atoms with E-state index in [1.807, 2.05) is 0 Å². The Kier molecular flexibility index (Phi) is 2.78. The van der Waals surface area contributed by atoms with Crippen molar-refractivity contribution < 1.29 is 13.5 Å². The zero-order chi connectivity index (χ0) is 8.27. The smallest absolute Gasteiger partial charge is 0.386 e. The second-order valence-corrected chi connectivity index (χ2v) is 2.44. The van der Waals surface area contributed by atoms with Gasteiger partial charge in [0.25, 0.3) is 0 Å². The molecular weight excluding hydrogens is 190 g/mol. The standard InChI is InChI=1S/C5H4ClNO3S/c1-11-10-5(8)3-2-4(6)7-9-3/h2H,1H3. The molecule has 0 amide bonds. The third kappa shape index (κ3) is 2.13. The molecule has 0 saturated heterocycles. The molecule has 0 aliphatic carbocycles. The van der Waals surface area contributed by atoms with Gasteiger partial charge in [-0.1, -0.05) is 16.8 Å². The lowest BCUT2D eigenvalue weighted by Crippen LogP contribution is -1.96. The van der Waals surface area contributed by atoms with Gasteiger partial charge in [-0.25, -0.2) is 4.79 Å². The third-order valence-corrected chi connectivity index (χ3v) is 1.34. The summed E-state index contributed by atoms with van der Waals surface area (Å²) in [5.74, 6) is -0.582. The summed E-state index contributed by atoms with van der Waals surface area (Å²) in [4.78, 5) is 10.8. The quantitative estimate of drug-likeness (QED) is 0.670. The van der Waals surface area contributed by atoms with Crippen LogP contribution in [0.2, 0.25) is 5.15 Å². The molecule has 1 rings (SSSR count). The number of rotatable bonds is 2. The minimum atomic E-state index is -0.586. The van der Waals surface area contributed by atoms with Crippen LogP contribution >= 0.6 is 23.6 Å². The van der Waals surface area contributed by atoms with Crippen LogP contribution in [0.3, 0.4) is 0 Å². The van der Waals surface area contributed by atoms with Crippen LogP contribution in [-0.4, -0.2) is 17.4 Å². The van der Waals surface area contributed by atoms with E-state index in [0.29, 0.717) is 0 Å². The molecule has 11 heavy (non-hydrogen) atoms. The minimum absolute atomic E-state index is 0.00403. The summed E-state index contributed by atoms with van der Waals surface area (Å²) in [6, 6.07) is 1.29. The molecule has 0 bridgehead atoms.